The Hall–Kier alpha value is -1.59. The van der Waals surface area contributed by atoms with Gasteiger partial charge in [0, 0.05) is 59.4 Å². The second-order valence-corrected chi connectivity index (χ2v) is 7.98. The van der Waals surface area contributed by atoms with Crippen molar-refractivity contribution in [1.82, 2.24) is 20.0 Å². The summed E-state index contributed by atoms with van der Waals surface area (Å²) < 4.78 is 0. The number of guanidine groups is 1. The van der Waals surface area contributed by atoms with Gasteiger partial charge in [-0.15, -0.1) is 0 Å². The molecule has 0 aromatic heterocycles. The molecule has 150 valence electrons. The number of hydrogen-bond acceptors (Lipinski definition) is 3. The Bertz CT molecular complexity index is 580. The maximum atomic E-state index is 4.56. The van der Waals surface area contributed by atoms with E-state index in [-0.39, 0.29) is 0 Å². The van der Waals surface area contributed by atoms with E-state index < -0.39 is 0 Å². The summed E-state index contributed by atoms with van der Waals surface area (Å²) in [5.74, 6) is 2.37. The van der Waals surface area contributed by atoms with Gasteiger partial charge in [-0.25, -0.2) is 0 Å². The van der Waals surface area contributed by atoms with Crippen molar-refractivity contribution < 1.29 is 0 Å². The first kappa shape index (κ1) is 20.2. The van der Waals surface area contributed by atoms with Crippen molar-refractivity contribution in [2.75, 3.05) is 66.0 Å². The van der Waals surface area contributed by atoms with Crippen molar-refractivity contribution in [2.45, 2.75) is 26.2 Å². The largest absolute Gasteiger partial charge is 0.355 e. The number of nitrogens with zero attached hydrogens (tertiary/aromatic N) is 4. The highest BCUT2D eigenvalue weighted by Crippen LogP contribution is 2.32. The molecule has 5 nitrogen and oxygen atoms in total. The smallest absolute Gasteiger partial charge is 0.193 e. The molecule has 1 aromatic rings. The van der Waals surface area contributed by atoms with E-state index in [2.05, 4.69) is 69.2 Å². The molecule has 3 rings (SSSR count). The summed E-state index contributed by atoms with van der Waals surface area (Å²) in [6.45, 7) is 14.8. The molecule has 2 heterocycles. The van der Waals surface area contributed by atoms with Gasteiger partial charge >= 0.3 is 0 Å². The van der Waals surface area contributed by atoms with E-state index in [9.17, 15) is 0 Å². The van der Waals surface area contributed by atoms with Gasteiger partial charge in [-0.2, -0.15) is 0 Å². The third-order valence-corrected chi connectivity index (χ3v) is 6.27. The third kappa shape index (κ3) is 5.45. The molecule has 0 bridgehead atoms. The van der Waals surface area contributed by atoms with Crippen LogP contribution in [-0.2, 0) is 0 Å². The van der Waals surface area contributed by atoms with Crippen molar-refractivity contribution in [3.63, 3.8) is 0 Å². The number of piperidine rings is 1. The van der Waals surface area contributed by atoms with Gasteiger partial charge in [0.1, 0.15) is 0 Å². The summed E-state index contributed by atoms with van der Waals surface area (Å²) in [6, 6.07) is 11.0. The van der Waals surface area contributed by atoms with E-state index in [0.717, 1.165) is 32.1 Å². The molecule has 2 saturated heterocycles. The summed E-state index contributed by atoms with van der Waals surface area (Å²) in [5, 5.41) is 3.61. The standard InChI is InChI=1S/C22H37N5/c1-4-25-14-16-26(17-15-25)13-11-24-22(23-3)27-12-10-21(19(2)18-27)20-8-6-5-7-9-20/h5-9,19,21H,4,10-18H2,1-3H3,(H,23,24). The fraction of sp³-hybridized carbons (Fsp3) is 0.682. The minimum atomic E-state index is 0.641. The number of benzene rings is 1. The molecule has 2 fully saturated rings. The van der Waals surface area contributed by atoms with Gasteiger partial charge in [0.15, 0.2) is 5.96 Å². The van der Waals surface area contributed by atoms with Crippen LogP contribution in [0.25, 0.3) is 0 Å². The third-order valence-electron chi connectivity index (χ3n) is 6.27. The number of nitrogens with one attached hydrogen (secondary N) is 1. The lowest BCUT2D eigenvalue weighted by atomic mass is 9.82. The highest BCUT2D eigenvalue weighted by Gasteiger charge is 2.28. The molecule has 2 aliphatic rings. The number of likely N-dealkylation sites (N-methyl/N-ethyl adjacent to an activating group) is 1. The Morgan fingerprint density at radius 1 is 1.07 bits per heavy atom. The Morgan fingerprint density at radius 3 is 2.41 bits per heavy atom. The number of rotatable bonds is 5. The summed E-state index contributed by atoms with van der Waals surface area (Å²) in [5.41, 5.74) is 1.49. The van der Waals surface area contributed by atoms with Crippen LogP contribution >= 0.6 is 0 Å². The van der Waals surface area contributed by atoms with Crippen molar-refractivity contribution >= 4 is 5.96 Å². The second kappa shape index (κ2) is 10.1. The number of aliphatic imine (C=N–C) groups is 1. The fourth-order valence-electron chi connectivity index (χ4n) is 4.52. The average Bonchev–Trinajstić information content (AvgIpc) is 2.72. The van der Waals surface area contributed by atoms with E-state index >= 15 is 0 Å². The Balaban J connectivity index is 1.43. The Kier molecular flexibility index (Phi) is 7.53. The zero-order valence-electron chi connectivity index (χ0n) is 17.4. The first-order valence-corrected chi connectivity index (χ1v) is 10.7. The van der Waals surface area contributed by atoms with Crippen LogP contribution in [0.1, 0.15) is 31.7 Å². The number of piperazine rings is 1. The lowest BCUT2D eigenvalue weighted by Crippen LogP contribution is -2.51. The lowest BCUT2D eigenvalue weighted by Gasteiger charge is -2.39. The number of hydrogen-bond donors (Lipinski definition) is 1. The highest BCUT2D eigenvalue weighted by atomic mass is 15.3. The zero-order valence-corrected chi connectivity index (χ0v) is 17.4. The number of likely N-dealkylation sites (tertiary alicyclic amines) is 1. The van der Waals surface area contributed by atoms with Crippen molar-refractivity contribution in [2.24, 2.45) is 10.9 Å². The first-order chi connectivity index (χ1) is 13.2. The van der Waals surface area contributed by atoms with E-state index in [1.807, 2.05) is 7.05 Å². The molecule has 2 unspecified atom stereocenters. The van der Waals surface area contributed by atoms with E-state index in [1.165, 1.54) is 44.7 Å². The van der Waals surface area contributed by atoms with Gasteiger partial charge in [0.25, 0.3) is 0 Å². The van der Waals surface area contributed by atoms with Crippen LogP contribution in [0, 0.1) is 5.92 Å². The predicted molar refractivity (Wildman–Crippen MR) is 114 cm³/mol. The molecule has 1 aromatic carbocycles. The monoisotopic (exact) mass is 371 g/mol. The van der Waals surface area contributed by atoms with E-state index in [4.69, 9.17) is 0 Å². The van der Waals surface area contributed by atoms with Gasteiger partial charge in [-0.1, -0.05) is 44.2 Å². The first-order valence-electron chi connectivity index (χ1n) is 10.7. The topological polar surface area (TPSA) is 34.1 Å². The fourth-order valence-corrected chi connectivity index (χ4v) is 4.52. The summed E-state index contributed by atoms with van der Waals surface area (Å²) in [4.78, 5) is 12.1. The average molecular weight is 372 g/mol. The second-order valence-electron chi connectivity index (χ2n) is 7.98. The molecular formula is C22H37N5. The van der Waals surface area contributed by atoms with Crippen LogP contribution < -0.4 is 5.32 Å². The van der Waals surface area contributed by atoms with Crippen LogP contribution in [0.4, 0.5) is 0 Å². The van der Waals surface area contributed by atoms with E-state index in [0.29, 0.717) is 11.8 Å². The van der Waals surface area contributed by atoms with Crippen molar-refractivity contribution in [3.8, 4) is 0 Å². The SMILES string of the molecule is CCN1CCN(CCNC(=NC)N2CCC(c3ccccc3)C(C)C2)CC1. The minimum Gasteiger partial charge on any atom is -0.355 e. The molecular weight excluding hydrogens is 334 g/mol. The van der Waals surface area contributed by atoms with Crippen LogP contribution in [0.2, 0.25) is 0 Å². The van der Waals surface area contributed by atoms with Gasteiger partial charge in [-0.05, 0) is 30.4 Å². The highest BCUT2D eigenvalue weighted by molar-refractivity contribution is 5.80. The molecule has 0 amide bonds. The van der Waals surface area contributed by atoms with Crippen LogP contribution in [0.3, 0.4) is 0 Å². The molecule has 0 spiro atoms. The maximum absolute atomic E-state index is 4.56. The van der Waals surface area contributed by atoms with Gasteiger partial charge < -0.3 is 15.1 Å². The van der Waals surface area contributed by atoms with Crippen LogP contribution in [0.5, 0.6) is 0 Å². The molecule has 27 heavy (non-hydrogen) atoms. The lowest BCUT2D eigenvalue weighted by molar-refractivity contribution is 0.138. The maximum Gasteiger partial charge on any atom is 0.193 e. The quantitative estimate of drug-likeness (QED) is 0.636. The molecule has 0 saturated carbocycles. The Morgan fingerprint density at radius 2 is 1.78 bits per heavy atom. The molecule has 0 aliphatic carbocycles. The normalized spacial score (nSPS) is 25.6. The van der Waals surface area contributed by atoms with Crippen LogP contribution in [-0.4, -0.2) is 86.6 Å². The molecule has 2 aliphatic heterocycles. The summed E-state index contributed by atoms with van der Waals surface area (Å²) in [7, 11) is 1.91. The minimum absolute atomic E-state index is 0.641. The molecule has 5 heteroatoms. The Labute approximate surface area is 165 Å². The van der Waals surface area contributed by atoms with Crippen molar-refractivity contribution in [3.05, 3.63) is 35.9 Å². The summed E-state index contributed by atoms with van der Waals surface area (Å²) in [6.07, 6.45) is 1.20. The molecule has 0 radical (unpaired) electrons. The predicted octanol–water partition coefficient (Wildman–Crippen LogP) is 2.32. The summed E-state index contributed by atoms with van der Waals surface area (Å²) >= 11 is 0. The van der Waals surface area contributed by atoms with Gasteiger partial charge in [0.2, 0.25) is 0 Å². The molecule has 1 N–H and O–H groups in total. The van der Waals surface area contributed by atoms with Gasteiger partial charge in [0.05, 0.1) is 0 Å². The van der Waals surface area contributed by atoms with Crippen molar-refractivity contribution in [1.29, 1.82) is 0 Å². The van der Waals surface area contributed by atoms with Crippen LogP contribution in [0.15, 0.2) is 35.3 Å². The molecule has 2 atom stereocenters. The van der Waals surface area contributed by atoms with Gasteiger partial charge in [-0.3, -0.25) is 9.89 Å². The van der Waals surface area contributed by atoms with E-state index in [1.54, 1.807) is 0 Å². The zero-order chi connectivity index (χ0) is 19.1.